The lowest BCUT2D eigenvalue weighted by atomic mass is 9.81. The van der Waals surface area contributed by atoms with Crippen LogP contribution in [0.5, 0.6) is 0 Å². The average molecular weight is 308 g/mol. The Kier molecular flexibility index (Phi) is 5.97. The van der Waals surface area contributed by atoms with E-state index in [4.69, 9.17) is 0 Å². The third-order valence-electron chi connectivity index (χ3n) is 4.58. The molecular formula is C16H28N4O2. The summed E-state index contributed by atoms with van der Waals surface area (Å²) in [5.41, 5.74) is -0.262. The summed E-state index contributed by atoms with van der Waals surface area (Å²) in [6.45, 7) is 11.3. The smallest absolute Gasteiger partial charge is 0.234 e. The maximum Gasteiger partial charge on any atom is 0.234 e. The van der Waals surface area contributed by atoms with Crippen LogP contribution in [0, 0.1) is 5.41 Å². The molecule has 6 nitrogen and oxygen atoms in total. The van der Waals surface area contributed by atoms with Crippen LogP contribution in [0.3, 0.4) is 0 Å². The molecule has 2 aliphatic rings. The Labute approximate surface area is 132 Å². The van der Waals surface area contributed by atoms with Crippen LogP contribution in [-0.2, 0) is 9.59 Å². The molecule has 0 saturated carbocycles. The van der Waals surface area contributed by atoms with Crippen LogP contribution >= 0.6 is 0 Å². The molecule has 1 atom stereocenters. The van der Waals surface area contributed by atoms with E-state index in [1.54, 1.807) is 6.08 Å². The van der Waals surface area contributed by atoms with Crippen LogP contribution < -0.4 is 10.6 Å². The number of amides is 2. The minimum Gasteiger partial charge on any atom is -0.352 e. The van der Waals surface area contributed by atoms with Crippen molar-refractivity contribution in [2.24, 2.45) is 5.41 Å². The predicted molar refractivity (Wildman–Crippen MR) is 86.4 cm³/mol. The molecule has 1 unspecified atom stereocenters. The van der Waals surface area contributed by atoms with Crippen molar-refractivity contribution in [3.05, 3.63) is 12.7 Å². The Morgan fingerprint density at radius 1 is 1.32 bits per heavy atom. The van der Waals surface area contributed by atoms with Gasteiger partial charge in [0, 0.05) is 39.3 Å². The molecule has 0 aromatic carbocycles. The van der Waals surface area contributed by atoms with Gasteiger partial charge in [-0.05, 0) is 26.3 Å². The van der Waals surface area contributed by atoms with Gasteiger partial charge in [0.1, 0.15) is 0 Å². The SMILES string of the molecule is C=CCNC(=O)CN1CCN(C(=O)C2(C)CCCNC2)CC1. The molecular weight excluding hydrogens is 280 g/mol. The van der Waals surface area contributed by atoms with Gasteiger partial charge in [-0.2, -0.15) is 0 Å². The van der Waals surface area contributed by atoms with Crippen LogP contribution in [0.2, 0.25) is 0 Å². The van der Waals surface area contributed by atoms with Gasteiger partial charge in [0.15, 0.2) is 0 Å². The topological polar surface area (TPSA) is 64.7 Å². The highest BCUT2D eigenvalue weighted by molar-refractivity contribution is 5.83. The molecule has 2 amide bonds. The molecule has 2 saturated heterocycles. The first-order valence-corrected chi connectivity index (χ1v) is 8.15. The van der Waals surface area contributed by atoms with Gasteiger partial charge >= 0.3 is 0 Å². The Hall–Kier alpha value is -1.40. The van der Waals surface area contributed by atoms with E-state index in [1.165, 1.54) is 0 Å². The van der Waals surface area contributed by atoms with Crippen molar-refractivity contribution >= 4 is 11.8 Å². The summed E-state index contributed by atoms with van der Waals surface area (Å²) in [5, 5.41) is 6.11. The number of carbonyl (C=O) groups is 2. The van der Waals surface area contributed by atoms with Gasteiger partial charge in [-0.25, -0.2) is 0 Å². The van der Waals surface area contributed by atoms with Gasteiger partial charge in [0.2, 0.25) is 11.8 Å². The normalized spacial score (nSPS) is 26.5. The highest BCUT2D eigenvalue weighted by atomic mass is 16.2. The summed E-state index contributed by atoms with van der Waals surface area (Å²) in [6, 6.07) is 0. The minimum atomic E-state index is -0.262. The van der Waals surface area contributed by atoms with E-state index < -0.39 is 0 Å². The van der Waals surface area contributed by atoms with E-state index in [0.717, 1.165) is 39.0 Å². The van der Waals surface area contributed by atoms with Gasteiger partial charge < -0.3 is 15.5 Å². The third kappa shape index (κ3) is 4.30. The predicted octanol–water partition coefficient (Wildman–Crippen LogP) is -0.177. The molecule has 2 rings (SSSR count). The van der Waals surface area contributed by atoms with E-state index in [9.17, 15) is 9.59 Å². The van der Waals surface area contributed by atoms with Gasteiger partial charge in [0.25, 0.3) is 0 Å². The average Bonchev–Trinajstić information content (AvgIpc) is 2.53. The number of hydrogen-bond donors (Lipinski definition) is 2. The van der Waals surface area contributed by atoms with E-state index in [0.29, 0.717) is 26.2 Å². The fourth-order valence-corrected chi connectivity index (χ4v) is 3.17. The zero-order valence-electron chi connectivity index (χ0n) is 13.6. The lowest BCUT2D eigenvalue weighted by molar-refractivity contribution is -0.144. The van der Waals surface area contributed by atoms with E-state index >= 15 is 0 Å². The summed E-state index contributed by atoms with van der Waals surface area (Å²) in [6.07, 6.45) is 3.70. The molecule has 22 heavy (non-hydrogen) atoms. The van der Waals surface area contributed by atoms with Crippen molar-refractivity contribution in [3.8, 4) is 0 Å². The molecule has 2 N–H and O–H groups in total. The van der Waals surface area contributed by atoms with Crippen molar-refractivity contribution in [1.82, 2.24) is 20.4 Å². The van der Waals surface area contributed by atoms with Gasteiger partial charge in [-0.3, -0.25) is 14.5 Å². The molecule has 0 aromatic rings. The van der Waals surface area contributed by atoms with E-state index in [-0.39, 0.29) is 17.2 Å². The van der Waals surface area contributed by atoms with Crippen LogP contribution in [0.4, 0.5) is 0 Å². The summed E-state index contributed by atoms with van der Waals surface area (Å²) in [7, 11) is 0. The molecule has 0 aliphatic carbocycles. The quantitative estimate of drug-likeness (QED) is 0.692. The second kappa shape index (κ2) is 7.74. The number of piperazine rings is 1. The Balaban J connectivity index is 1.77. The number of rotatable bonds is 5. The lowest BCUT2D eigenvalue weighted by Gasteiger charge is -2.41. The number of nitrogens with one attached hydrogen (secondary N) is 2. The van der Waals surface area contributed by atoms with Crippen LogP contribution in [0.1, 0.15) is 19.8 Å². The molecule has 2 fully saturated rings. The van der Waals surface area contributed by atoms with E-state index in [2.05, 4.69) is 29.0 Å². The first-order valence-electron chi connectivity index (χ1n) is 8.15. The fraction of sp³-hybridized carbons (Fsp3) is 0.750. The highest BCUT2D eigenvalue weighted by Crippen LogP contribution is 2.28. The van der Waals surface area contributed by atoms with Gasteiger partial charge in [-0.15, -0.1) is 6.58 Å². The van der Waals surface area contributed by atoms with Crippen molar-refractivity contribution in [2.75, 3.05) is 52.4 Å². The molecule has 0 spiro atoms. The first-order chi connectivity index (χ1) is 10.5. The number of carbonyl (C=O) groups excluding carboxylic acids is 2. The third-order valence-corrected chi connectivity index (χ3v) is 4.58. The Morgan fingerprint density at radius 3 is 2.64 bits per heavy atom. The van der Waals surface area contributed by atoms with Gasteiger partial charge in [0.05, 0.1) is 12.0 Å². The zero-order chi connectivity index (χ0) is 16.0. The monoisotopic (exact) mass is 308 g/mol. The highest BCUT2D eigenvalue weighted by Gasteiger charge is 2.38. The summed E-state index contributed by atoms with van der Waals surface area (Å²) in [4.78, 5) is 28.5. The molecule has 124 valence electrons. The Morgan fingerprint density at radius 2 is 2.05 bits per heavy atom. The second-order valence-corrected chi connectivity index (χ2v) is 6.50. The van der Waals surface area contributed by atoms with Crippen molar-refractivity contribution in [2.45, 2.75) is 19.8 Å². The summed E-state index contributed by atoms with van der Waals surface area (Å²) in [5.74, 6) is 0.276. The van der Waals surface area contributed by atoms with E-state index in [1.807, 2.05) is 4.90 Å². The molecule has 2 heterocycles. The van der Waals surface area contributed by atoms with Crippen molar-refractivity contribution in [3.63, 3.8) is 0 Å². The first kappa shape index (κ1) is 17.0. The minimum absolute atomic E-state index is 0.0168. The fourth-order valence-electron chi connectivity index (χ4n) is 3.17. The standard InChI is InChI=1S/C16H28N4O2/c1-3-6-18-14(21)12-19-8-10-20(11-9-19)15(22)16(2)5-4-7-17-13-16/h3,17H,1,4-13H2,2H3,(H,18,21). The Bertz CT molecular complexity index is 410. The zero-order valence-corrected chi connectivity index (χ0v) is 13.6. The van der Waals surface area contributed by atoms with Crippen LogP contribution in [0.25, 0.3) is 0 Å². The van der Waals surface area contributed by atoms with Crippen LogP contribution in [-0.4, -0.2) is 74.0 Å². The number of nitrogens with zero attached hydrogens (tertiary/aromatic N) is 2. The molecule has 0 aromatic heterocycles. The number of hydrogen-bond acceptors (Lipinski definition) is 4. The molecule has 2 aliphatic heterocycles. The van der Waals surface area contributed by atoms with Crippen LogP contribution in [0.15, 0.2) is 12.7 Å². The molecule has 6 heteroatoms. The summed E-state index contributed by atoms with van der Waals surface area (Å²) >= 11 is 0. The second-order valence-electron chi connectivity index (χ2n) is 6.50. The van der Waals surface area contributed by atoms with Crippen molar-refractivity contribution in [1.29, 1.82) is 0 Å². The van der Waals surface area contributed by atoms with Gasteiger partial charge in [-0.1, -0.05) is 6.08 Å². The maximum atomic E-state index is 12.7. The number of piperidine rings is 1. The van der Waals surface area contributed by atoms with Crippen molar-refractivity contribution < 1.29 is 9.59 Å². The summed E-state index contributed by atoms with van der Waals surface area (Å²) < 4.78 is 0. The molecule has 0 bridgehead atoms. The largest absolute Gasteiger partial charge is 0.352 e. The maximum absolute atomic E-state index is 12.7. The molecule has 0 radical (unpaired) electrons. The lowest BCUT2D eigenvalue weighted by Crippen LogP contribution is -2.56.